The van der Waals surface area contributed by atoms with E-state index in [0.717, 1.165) is 5.56 Å². The summed E-state index contributed by atoms with van der Waals surface area (Å²) in [5.41, 5.74) is 6.25. The molecule has 16 heavy (non-hydrogen) atoms. The van der Waals surface area contributed by atoms with Crippen LogP contribution in [0.1, 0.15) is 15.9 Å². The van der Waals surface area contributed by atoms with Crippen molar-refractivity contribution in [1.29, 1.82) is 0 Å². The lowest BCUT2D eigenvalue weighted by Crippen LogP contribution is -2.28. The zero-order valence-electron chi connectivity index (χ0n) is 9.03. The molecule has 0 spiro atoms. The number of rotatable bonds is 5. The molecule has 86 valence electrons. The van der Waals surface area contributed by atoms with Gasteiger partial charge in [0.1, 0.15) is 0 Å². The minimum atomic E-state index is -0.435. The number of esters is 1. The molecule has 3 N–H and O–H groups in total. The van der Waals surface area contributed by atoms with Crippen molar-refractivity contribution in [1.82, 2.24) is 5.32 Å². The van der Waals surface area contributed by atoms with Crippen molar-refractivity contribution < 1.29 is 14.3 Å². The highest BCUT2D eigenvalue weighted by Gasteiger charge is 2.10. The largest absolute Gasteiger partial charge is 0.465 e. The molecule has 0 aliphatic carbocycles. The SMILES string of the molecule is COC(=O)c1ccccc1CNCC(N)=O. The first kappa shape index (κ1) is 12.2. The minimum Gasteiger partial charge on any atom is -0.465 e. The predicted octanol–water partition coefficient (Wildman–Crippen LogP) is 0.0481. The molecular weight excluding hydrogens is 208 g/mol. The van der Waals surface area contributed by atoms with E-state index in [1.807, 2.05) is 6.07 Å². The van der Waals surface area contributed by atoms with E-state index in [1.54, 1.807) is 18.2 Å². The summed E-state index contributed by atoms with van der Waals surface area (Å²) in [5, 5.41) is 2.84. The third-order valence-electron chi connectivity index (χ3n) is 2.04. The van der Waals surface area contributed by atoms with Gasteiger partial charge in [-0.15, -0.1) is 0 Å². The Labute approximate surface area is 93.6 Å². The van der Waals surface area contributed by atoms with Gasteiger partial charge < -0.3 is 15.8 Å². The summed E-state index contributed by atoms with van der Waals surface area (Å²) in [6, 6.07) is 7.03. The van der Waals surface area contributed by atoms with Crippen molar-refractivity contribution in [3.8, 4) is 0 Å². The van der Waals surface area contributed by atoms with Gasteiger partial charge in [0.15, 0.2) is 0 Å². The number of nitrogens with one attached hydrogen (secondary N) is 1. The predicted molar refractivity (Wildman–Crippen MR) is 58.7 cm³/mol. The molecule has 0 aromatic heterocycles. The van der Waals surface area contributed by atoms with Crippen LogP contribution in [0.3, 0.4) is 0 Å². The Balaban J connectivity index is 2.71. The highest BCUT2D eigenvalue weighted by Crippen LogP contribution is 2.09. The molecule has 1 aromatic rings. The summed E-state index contributed by atoms with van der Waals surface area (Å²) in [7, 11) is 1.33. The Bertz CT molecular complexity index is 391. The van der Waals surface area contributed by atoms with Gasteiger partial charge in [0.05, 0.1) is 19.2 Å². The van der Waals surface area contributed by atoms with Crippen LogP contribution in [-0.2, 0) is 16.1 Å². The van der Waals surface area contributed by atoms with Crippen molar-refractivity contribution in [2.45, 2.75) is 6.54 Å². The molecule has 1 rings (SSSR count). The molecule has 1 amide bonds. The summed E-state index contributed by atoms with van der Waals surface area (Å²) in [6.45, 7) is 0.476. The van der Waals surface area contributed by atoms with E-state index in [9.17, 15) is 9.59 Å². The molecule has 0 saturated carbocycles. The lowest BCUT2D eigenvalue weighted by Gasteiger charge is -2.07. The Morgan fingerprint density at radius 2 is 2.06 bits per heavy atom. The van der Waals surface area contributed by atoms with Crippen LogP contribution in [0.2, 0.25) is 0 Å². The van der Waals surface area contributed by atoms with Crippen molar-refractivity contribution in [3.05, 3.63) is 35.4 Å². The van der Waals surface area contributed by atoms with E-state index in [0.29, 0.717) is 12.1 Å². The summed E-state index contributed by atoms with van der Waals surface area (Å²) in [5.74, 6) is -0.827. The van der Waals surface area contributed by atoms with Crippen LogP contribution in [0.25, 0.3) is 0 Å². The number of carbonyl (C=O) groups is 2. The second kappa shape index (κ2) is 5.87. The monoisotopic (exact) mass is 222 g/mol. The molecule has 0 bridgehead atoms. The Morgan fingerprint density at radius 3 is 2.69 bits per heavy atom. The topological polar surface area (TPSA) is 81.4 Å². The van der Waals surface area contributed by atoms with E-state index < -0.39 is 11.9 Å². The first-order valence-electron chi connectivity index (χ1n) is 4.80. The second-order valence-electron chi connectivity index (χ2n) is 3.22. The number of methoxy groups -OCH3 is 1. The van der Waals surface area contributed by atoms with Crippen molar-refractivity contribution >= 4 is 11.9 Å². The average molecular weight is 222 g/mol. The number of carbonyl (C=O) groups excluding carboxylic acids is 2. The maximum absolute atomic E-state index is 11.4. The van der Waals surface area contributed by atoms with E-state index in [4.69, 9.17) is 5.73 Å². The molecule has 0 fully saturated rings. The Morgan fingerprint density at radius 1 is 1.38 bits per heavy atom. The molecule has 0 radical (unpaired) electrons. The highest BCUT2D eigenvalue weighted by molar-refractivity contribution is 5.90. The van der Waals surface area contributed by atoms with Gasteiger partial charge in [0.2, 0.25) is 5.91 Å². The smallest absolute Gasteiger partial charge is 0.338 e. The van der Waals surface area contributed by atoms with Crippen LogP contribution in [0.5, 0.6) is 0 Å². The molecule has 5 heteroatoms. The third kappa shape index (κ3) is 3.36. The van der Waals surface area contributed by atoms with E-state index in [-0.39, 0.29) is 6.54 Å². The first-order chi connectivity index (χ1) is 7.65. The highest BCUT2D eigenvalue weighted by atomic mass is 16.5. The molecule has 0 aliphatic rings. The van der Waals surface area contributed by atoms with Gasteiger partial charge >= 0.3 is 5.97 Å². The summed E-state index contributed by atoms with van der Waals surface area (Å²) in [6.07, 6.45) is 0. The van der Waals surface area contributed by atoms with Gasteiger partial charge in [0.25, 0.3) is 0 Å². The van der Waals surface area contributed by atoms with Crippen LogP contribution in [0.4, 0.5) is 0 Å². The van der Waals surface area contributed by atoms with Gasteiger partial charge in [-0.05, 0) is 11.6 Å². The number of primary amides is 1. The molecular formula is C11H14N2O3. The van der Waals surface area contributed by atoms with Crippen molar-refractivity contribution in [3.63, 3.8) is 0 Å². The molecule has 0 saturated heterocycles. The quantitative estimate of drug-likeness (QED) is 0.690. The van der Waals surface area contributed by atoms with E-state index in [1.165, 1.54) is 7.11 Å². The van der Waals surface area contributed by atoms with Gasteiger partial charge in [-0.3, -0.25) is 4.79 Å². The maximum atomic E-state index is 11.4. The molecule has 0 atom stereocenters. The normalized spacial score (nSPS) is 9.81. The second-order valence-corrected chi connectivity index (χ2v) is 3.22. The van der Waals surface area contributed by atoms with Crippen molar-refractivity contribution in [2.75, 3.05) is 13.7 Å². The fraction of sp³-hybridized carbons (Fsp3) is 0.273. The average Bonchev–Trinajstić information content (AvgIpc) is 2.28. The molecule has 0 heterocycles. The Hall–Kier alpha value is -1.88. The maximum Gasteiger partial charge on any atom is 0.338 e. The van der Waals surface area contributed by atoms with Crippen LogP contribution < -0.4 is 11.1 Å². The van der Waals surface area contributed by atoms with Crippen molar-refractivity contribution in [2.24, 2.45) is 5.73 Å². The number of amides is 1. The number of hydrogen-bond acceptors (Lipinski definition) is 4. The number of ether oxygens (including phenoxy) is 1. The zero-order chi connectivity index (χ0) is 12.0. The standard InChI is InChI=1S/C11H14N2O3/c1-16-11(15)9-5-3-2-4-8(9)6-13-7-10(12)14/h2-5,13H,6-7H2,1H3,(H2,12,14). The van der Waals surface area contributed by atoms with Crippen LogP contribution in [0, 0.1) is 0 Å². The Kier molecular flexibility index (Phi) is 4.47. The van der Waals surface area contributed by atoms with Crippen LogP contribution in [-0.4, -0.2) is 25.5 Å². The lowest BCUT2D eigenvalue weighted by molar-refractivity contribution is -0.117. The van der Waals surface area contributed by atoms with Gasteiger partial charge in [-0.2, -0.15) is 0 Å². The first-order valence-corrected chi connectivity index (χ1v) is 4.80. The number of nitrogens with two attached hydrogens (primary N) is 1. The van der Waals surface area contributed by atoms with E-state index in [2.05, 4.69) is 10.1 Å². The van der Waals surface area contributed by atoms with Gasteiger partial charge in [0, 0.05) is 6.54 Å². The minimum absolute atomic E-state index is 0.0789. The van der Waals surface area contributed by atoms with Gasteiger partial charge in [-0.1, -0.05) is 18.2 Å². The van der Waals surface area contributed by atoms with E-state index >= 15 is 0 Å². The fourth-order valence-corrected chi connectivity index (χ4v) is 1.30. The zero-order valence-corrected chi connectivity index (χ0v) is 9.03. The number of benzene rings is 1. The molecule has 1 aromatic carbocycles. The lowest BCUT2D eigenvalue weighted by atomic mass is 10.1. The summed E-state index contributed by atoms with van der Waals surface area (Å²) >= 11 is 0. The summed E-state index contributed by atoms with van der Waals surface area (Å²) in [4.78, 5) is 21.9. The molecule has 5 nitrogen and oxygen atoms in total. The fourth-order valence-electron chi connectivity index (χ4n) is 1.30. The number of hydrogen-bond donors (Lipinski definition) is 2. The molecule has 0 aliphatic heterocycles. The van der Waals surface area contributed by atoms with Crippen LogP contribution >= 0.6 is 0 Å². The molecule has 0 unspecified atom stereocenters. The van der Waals surface area contributed by atoms with Crippen LogP contribution in [0.15, 0.2) is 24.3 Å². The van der Waals surface area contributed by atoms with Gasteiger partial charge in [-0.25, -0.2) is 4.79 Å². The third-order valence-corrected chi connectivity index (χ3v) is 2.04. The summed E-state index contributed by atoms with van der Waals surface area (Å²) < 4.78 is 4.65.